The van der Waals surface area contributed by atoms with E-state index in [1.165, 1.54) is 45.6 Å². The van der Waals surface area contributed by atoms with E-state index in [1.807, 2.05) is 0 Å². The summed E-state index contributed by atoms with van der Waals surface area (Å²) in [4.78, 5) is 36.2. The maximum absolute atomic E-state index is 12.3. The number of rotatable bonds is 5. The highest BCUT2D eigenvalue weighted by molar-refractivity contribution is 6.44. The Morgan fingerprint density at radius 3 is 2.04 bits per heavy atom. The van der Waals surface area contributed by atoms with Gasteiger partial charge < -0.3 is 24.8 Å². The molecule has 142 valence electrons. The molecule has 2 amide bonds. The van der Waals surface area contributed by atoms with Gasteiger partial charge in [-0.15, -0.1) is 0 Å². The summed E-state index contributed by atoms with van der Waals surface area (Å²) in [5.74, 6) is -2.06. The zero-order chi connectivity index (χ0) is 20.0. The van der Waals surface area contributed by atoms with Crippen LogP contribution in [0.4, 0.5) is 11.4 Å². The molecule has 2 aromatic carbocycles. The third-order valence-corrected chi connectivity index (χ3v) is 3.80. The summed E-state index contributed by atoms with van der Waals surface area (Å²) in [5.41, 5.74) is 0.456. The largest absolute Gasteiger partial charge is 0.495 e. The van der Waals surface area contributed by atoms with Crippen molar-refractivity contribution in [3.8, 4) is 11.5 Å². The smallest absolute Gasteiger partial charge is 0.339 e. The molecule has 0 saturated carbocycles. The van der Waals surface area contributed by atoms with Gasteiger partial charge >= 0.3 is 17.8 Å². The number of halogens is 1. The molecule has 0 aliphatic rings. The maximum Gasteiger partial charge on any atom is 0.339 e. The average Bonchev–Trinajstić information content (AvgIpc) is 2.68. The van der Waals surface area contributed by atoms with Crippen LogP contribution in [0.5, 0.6) is 11.5 Å². The van der Waals surface area contributed by atoms with E-state index in [4.69, 9.17) is 21.1 Å². The number of methoxy groups -OCH3 is 3. The highest BCUT2D eigenvalue weighted by atomic mass is 35.5. The number of carbonyl (C=O) groups is 3. The summed E-state index contributed by atoms with van der Waals surface area (Å²) in [5, 5.41) is 5.07. The second-order valence-corrected chi connectivity index (χ2v) is 5.54. The maximum atomic E-state index is 12.3. The van der Waals surface area contributed by atoms with Gasteiger partial charge in [0.15, 0.2) is 0 Å². The predicted molar refractivity (Wildman–Crippen MR) is 99.6 cm³/mol. The van der Waals surface area contributed by atoms with Crippen molar-refractivity contribution in [3.63, 3.8) is 0 Å². The van der Waals surface area contributed by atoms with Crippen molar-refractivity contribution in [1.29, 1.82) is 0 Å². The van der Waals surface area contributed by atoms with Crippen molar-refractivity contribution in [2.45, 2.75) is 0 Å². The second-order valence-electron chi connectivity index (χ2n) is 5.13. The normalized spacial score (nSPS) is 9.93. The Morgan fingerprint density at radius 2 is 1.44 bits per heavy atom. The zero-order valence-electron chi connectivity index (χ0n) is 14.8. The molecule has 9 heteroatoms. The molecule has 0 heterocycles. The number of nitrogens with one attached hydrogen (secondary N) is 2. The van der Waals surface area contributed by atoms with Crippen LogP contribution in [0, 0.1) is 0 Å². The first-order valence-electron chi connectivity index (χ1n) is 7.62. The minimum absolute atomic E-state index is 0.117. The molecule has 0 aliphatic carbocycles. The van der Waals surface area contributed by atoms with E-state index >= 15 is 0 Å². The molecule has 0 aliphatic heterocycles. The monoisotopic (exact) mass is 392 g/mol. The van der Waals surface area contributed by atoms with Gasteiger partial charge in [-0.25, -0.2) is 4.79 Å². The Bertz CT molecular complexity index is 884. The van der Waals surface area contributed by atoms with Crippen molar-refractivity contribution >= 4 is 40.8 Å². The quantitative estimate of drug-likeness (QED) is 0.599. The van der Waals surface area contributed by atoms with Crippen LogP contribution in [0.3, 0.4) is 0 Å². The molecular formula is C18H17ClN2O6. The predicted octanol–water partition coefficient (Wildman–Crippen LogP) is 2.72. The van der Waals surface area contributed by atoms with Gasteiger partial charge in [0.05, 0.1) is 43.3 Å². The lowest BCUT2D eigenvalue weighted by atomic mass is 10.2. The molecule has 2 aromatic rings. The number of hydrogen-bond donors (Lipinski definition) is 2. The van der Waals surface area contributed by atoms with E-state index in [2.05, 4.69) is 15.4 Å². The highest BCUT2D eigenvalue weighted by Gasteiger charge is 2.20. The summed E-state index contributed by atoms with van der Waals surface area (Å²) in [7, 11) is 4.02. The molecular weight excluding hydrogens is 376 g/mol. The molecule has 0 unspecified atom stereocenters. The number of esters is 1. The molecule has 0 spiro atoms. The molecule has 27 heavy (non-hydrogen) atoms. The SMILES string of the molecule is COC(=O)c1ccccc1NC(=O)C(=O)Nc1cc(OC)c(Cl)cc1OC. The summed E-state index contributed by atoms with van der Waals surface area (Å²) in [6.07, 6.45) is 0. The molecule has 0 fully saturated rings. The standard InChI is InChI=1S/C18H17ClN2O6/c1-25-14-9-13(15(26-2)8-11(14)19)21-17(23)16(22)20-12-7-5-4-6-10(12)18(24)27-3/h4-9H,1-3H3,(H,20,22)(H,21,23). The number of anilines is 2. The van der Waals surface area contributed by atoms with E-state index in [0.717, 1.165) is 0 Å². The summed E-state index contributed by atoms with van der Waals surface area (Å²) in [6, 6.07) is 9.02. The van der Waals surface area contributed by atoms with E-state index in [-0.39, 0.29) is 27.7 Å². The molecule has 0 radical (unpaired) electrons. The topological polar surface area (TPSA) is 103 Å². The van der Waals surface area contributed by atoms with E-state index in [9.17, 15) is 14.4 Å². The number of para-hydroxylation sites is 1. The van der Waals surface area contributed by atoms with Crippen LogP contribution in [-0.2, 0) is 14.3 Å². The average molecular weight is 393 g/mol. The third kappa shape index (κ3) is 4.68. The van der Waals surface area contributed by atoms with Gasteiger partial charge in [0.1, 0.15) is 11.5 Å². The fourth-order valence-electron chi connectivity index (χ4n) is 2.20. The van der Waals surface area contributed by atoms with Gasteiger partial charge in [-0.3, -0.25) is 9.59 Å². The van der Waals surface area contributed by atoms with E-state index in [1.54, 1.807) is 12.1 Å². The molecule has 8 nitrogen and oxygen atoms in total. The minimum Gasteiger partial charge on any atom is -0.495 e. The van der Waals surface area contributed by atoms with Gasteiger partial charge in [0.25, 0.3) is 0 Å². The van der Waals surface area contributed by atoms with Crippen LogP contribution >= 0.6 is 11.6 Å². The molecule has 0 bridgehead atoms. The van der Waals surface area contributed by atoms with Crippen LogP contribution in [0.15, 0.2) is 36.4 Å². The Balaban J connectivity index is 2.20. The number of ether oxygens (including phenoxy) is 3. The minimum atomic E-state index is -0.984. The van der Waals surface area contributed by atoms with Crippen LogP contribution in [0.1, 0.15) is 10.4 Å². The van der Waals surface area contributed by atoms with Gasteiger partial charge in [-0.2, -0.15) is 0 Å². The van der Waals surface area contributed by atoms with E-state index < -0.39 is 17.8 Å². The summed E-state index contributed by atoms with van der Waals surface area (Å²) < 4.78 is 14.9. The molecule has 0 saturated heterocycles. The van der Waals surface area contributed by atoms with Crippen molar-refractivity contribution < 1.29 is 28.6 Å². The third-order valence-electron chi connectivity index (χ3n) is 3.51. The first kappa shape index (κ1) is 20.1. The second kappa shape index (κ2) is 8.91. The van der Waals surface area contributed by atoms with Crippen LogP contribution in [0.25, 0.3) is 0 Å². The number of carbonyl (C=O) groups excluding carboxylic acids is 3. The van der Waals surface area contributed by atoms with E-state index in [0.29, 0.717) is 5.75 Å². The molecule has 0 atom stereocenters. The molecule has 2 N–H and O–H groups in total. The highest BCUT2D eigenvalue weighted by Crippen LogP contribution is 2.35. The number of amides is 2. The lowest BCUT2D eigenvalue weighted by Gasteiger charge is -2.13. The van der Waals surface area contributed by atoms with Gasteiger partial charge in [0, 0.05) is 12.1 Å². The van der Waals surface area contributed by atoms with Crippen LogP contribution in [0.2, 0.25) is 5.02 Å². The van der Waals surface area contributed by atoms with Crippen molar-refractivity contribution in [2.75, 3.05) is 32.0 Å². The fraction of sp³-hybridized carbons (Fsp3) is 0.167. The van der Waals surface area contributed by atoms with Crippen LogP contribution < -0.4 is 20.1 Å². The Hall–Kier alpha value is -3.26. The van der Waals surface area contributed by atoms with Crippen molar-refractivity contribution in [1.82, 2.24) is 0 Å². The fourth-order valence-corrected chi connectivity index (χ4v) is 2.43. The zero-order valence-corrected chi connectivity index (χ0v) is 15.5. The van der Waals surface area contributed by atoms with Crippen LogP contribution in [-0.4, -0.2) is 39.1 Å². The molecule has 0 aromatic heterocycles. The van der Waals surface area contributed by atoms with Crippen molar-refractivity contribution in [2.24, 2.45) is 0 Å². The Morgan fingerprint density at radius 1 is 0.852 bits per heavy atom. The Labute approximate surface area is 160 Å². The van der Waals surface area contributed by atoms with Gasteiger partial charge in [-0.1, -0.05) is 23.7 Å². The first-order valence-corrected chi connectivity index (χ1v) is 8.00. The van der Waals surface area contributed by atoms with Crippen molar-refractivity contribution in [3.05, 3.63) is 47.0 Å². The van der Waals surface area contributed by atoms with Gasteiger partial charge in [0.2, 0.25) is 0 Å². The first-order chi connectivity index (χ1) is 12.9. The summed E-state index contributed by atoms with van der Waals surface area (Å²) >= 11 is 6.01. The summed E-state index contributed by atoms with van der Waals surface area (Å²) in [6.45, 7) is 0. The van der Waals surface area contributed by atoms with Gasteiger partial charge in [-0.05, 0) is 12.1 Å². The number of hydrogen-bond acceptors (Lipinski definition) is 6. The molecule has 2 rings (SSSR count). The number of benzene rings is 2. The lowest BCUT2D eigenvalue weighted by Crippen LogP contribution is -2.30. The Kier molecular flexibility index (Phi) is 6.62. The lowest BCUT2D eigenvalue weighted by molar-refractivity contribution is -0.133.